The van der Waals surface area contributed by atoms with Crippen molar-refractivity contribution in [1.82, 2.24) is 20.4 Å². The van der Waals surface area contributed by atoms with Gasteiger partial charge in [0.1, 0.15) is 23.4 Å². The van der Waals surface area contributed by atoms with Crippen LogP contribution in [0.4, 0.5) is 14.6 Å². The summed E-state index contributed by atoms with van der Waals surface area (Å²) in [6.45, 7) is 3.09. The Morgan fingerprint density at radius 3 is 2.43 bits per heavy atom. The summed E-state index contributed by atoms with van der Waals surface area (Å²) in [5, 5.41) is 11.6. The normalized spacial score (nSPS) is 14.4. The van der Waals surface area contributed by atoms with E-state index in [1.807, 2.05) is 0 Å². The molecule has 1 aliphatic rings. The minimum absolute atomic E-state index is 0.164. The number of benzene rings is 1. The topological polar surface area (TPSA) is 107 Å². The van der Waals surface area contributed by atoms with E-state index < -0.39 is 29.5 Å². The SMILES string of the molecule is CCC(NC(=O)Cc1cc(F)cc(F)c1)C(=O)Nc1cc(C(=O)N2CCCC2)[nH]n1. The number of anilines is 1. The number of amides is 3. The number of hydrogen-bond donors (Lipinski definition) is 3. The van der Waals surface area contributed by atoms with E-state index >= 15 is 0 Å². The zero-order chi connectivity index (χ0) is 21.7. The average molecular weight is 419 g/mol. The highest BCUT2D eigenvalue weighted by Gasteiger charge is 2.23. The summed E-state index contributed by atoms with van der Waals surface area (Å²) in [4.78, 5) is 38.7. The van der Waals surface area contributed by atoms with E-state index in [0.717, 1.165) is 31.0 Å². The number of rotatable bonds is 7. The van der Waals surface area contributed by atoms with Crippen LogP contribution in [0.15, 0.2) is 24.3 Å². The minimum atomic E-state index is -0.870. The molecule has 30 heavy (non-hydrogen) atoms. The van der Waals surface area contributed by atoms with Crippen LogP contribution in [0.1, 0.15) is 42.2 Å². The molecule has 2 aromatic rings. The number of carbonyl (C=O) groups excluding carboxylic acids is 3. The molecular weight excluding hydrogens is 396 g/mol. The number of H-pyrrole nitrogens is 1. The van der Waals surface area contributed by atoms with Gasteiger partial charge in [0, 0.05) is 25.2 Å². The molecule has 0 saturated carbocycles. The molecule has 3 rings (SSSR count). The third kappa shape index (κ3) is 5.40. The molecule has 160 valence electrons. The number of halogens is 2. The number of aromatic amines is 1. The molecule has 1 saturated heterocycles. The monoisotopic (exact) mass is 419 g/mol. The molecule has 1 aromatic heterocycles. The van der Waals surface area contributed by atoms with E-state index in [-0.39, 0.29) is 29.4 Å². The van der Waals surface area contributed by atoms with Crippen molar-refractivity contribution in [2.75, 3.05) is 18.4 Å². The molecule has 1 unspecified atom stereocenters. The highest BCUT2D eigenvalue weighted by Crippen LogP contribution is 2.14. The lowest BCUT2D eigenvalue weighted by Crippen LogP contribution is -2.44. The maximum absolute atomic E-state index is 13.3. The van der Waals surface area contributed by atoms with Crippen molar-refractivity contribution in [2.45, 2.75) is 38.6 Å². The van der Waals surface area contributed by atoms with E-state index in [4.69, 9.17) is 0 Å². The van der Waals surface area contributed by atoms with Gasteiger partial charge in [0.2, 0.25) is 11.8 Å². The Balaban J connectivity index is 1.56. The Morgan fingerprint density at radius 1 is 1.13 bits per heavy atom. The zero-order valence-electron chi connectivity index (χ0n) is 16.5. The molecule has 1 atom stereocenters. The van der Waals surface area contributed by atoms with E-state index in [0.29, 0.717) is 19.5 Å². The standard InChI is InChI=1S/C20H23F2N5O3/c1-2-15(23-18(28)9-12-7-13(21)10-14(22)8-12)19(29)24-17-11-16(25-26-17)20(30)27-5-3-4-6-27/h7-8,10-11,15H,2-6,9H2,1H3,(H,23,28)(H2,24,25,26,29). The fourth-order valence-corrected chi connectivity index (χ4v) is 3.30. The van der Waals surface area contributed by atoms with Crippen LogP contribution in [0, 0.1) is 11.6 Å². The summed E-state index contributed by atoms with van der Waals surface area (Å²) in [5.74, 6) is -2.62. The number of aromatic nitrogens is 2. The van der Waals surface area contributed by atoms with Crippen molar-refractivity contribution < 1.29 is 23.2 Å². The molecular formula is C20H23F2N5O3. The first-order valence-corrected chi connectivity index (χ1v) is 9.75. The summed E-state index contributed by atoms with van der Waals surface area (Å²) >= 11 is 0. The first kappa shape index (κ1) is 21.4. The summed E-state index contributed by atoms with van der Waals surface area (Å²) in [6.07, 6.45) is 1.95. The van der Waals surface area contributed by atoms with Crippen molar-refractivity contribution in [1.29, 1.82) is 0 Å². The predicted octanol–water partition coefficient (Wildman–Crippen LogP) is 2.00. The summed E-state index contributed by atoms with van der Waals surface area (Å²) in [5.41, 5.74) is 0.440. The molecule has 3 amide bonds. The van der Waals surface area contributed by atoms with Crippen molar-refractivity contribution in [3.8, 4) is 0 Å². The number of nitrogens with one attached hydrogen (secondary N) is 3. The van der Waals surface area contributed by atoms with Gasteiger partial charge in [-0.2, -0.15) is 5.10 Å². The van der Waals surface area contributed by atoms with Gasteiger partial charge in [0.25, 0.3) is 5.91 Å². The number of likely N-dealkylation sites (tertiary alicyclic amines) is 1. The van der Waals surface area contributed by atoms with Gasteiger partial charge in [-0.3, -0.25) is 19.5 Å². The fourth-order valence-electron chi connectivity index (χ4n) is 3.30. The first-order chi connectivity index (χ1) is 14.4. The van der Waals surface area contributed by atoms with Crippen LogP contribution in [-0.4, -0.2) is 52.0 Å². The van der Waals surface area contributed by atoms with Gasteiger partial charge in [-0.1, -0.05) is 6.92 Å². The Morgan fingerprint density at radius 2 is 1.80 bits per heavy atom. The Hall–Kier alpha value is -3.30. The summed E-state index contributed by atoms with van der Waals surface area (Å²) in [6, 6.07) is 3.42. The van der Waals surface area contributed by atoms with E-state index in [1.165, 1.54) is 6.07 Å². The molecule has 1 aromatic carbocycles. The van der Waals surface area contributed by atoms with Gasteiger partial charge in [-0.15, -0.1) is 0 Å². The second-order valence-corrected chi connectivity index (χ2v) is 7.14. The van der Waals surface area contributed by atoms with Crippen LogP contribution >= 0.6 is 0 Å². The smallest absolute Gasteiger partial charge is 0.271 e. The first-order valence-electron chi connectivity index (χ1n) is 9.75. The molecule has 3 N–H and O–H groups in total. The molecule has 2 heterocycles. The van der Waals surface area contributed by atoms with E-state index in [9.17, 15) is 23.2 Å². The Labute approximate surface area is 172 Å². The van der Waals surface area contributed by atoms with E-state index in [2.05, 4.69) is 20.8 Å². The highest BCUT2D eigenvalue weighted by molar-refractivity contribution is 5.98. The number of nitrogens with zero attached hydrogens (tertiary/aromatic N) is 2. The van der Waals surface area contributed by atoms with Crippen molar-refractivity contribution in [3.05, 3.63) is 47.2 Å². The Kier molecular flexibility index (Phi) is 6.76. The second-order valence-electron chi connectivity index (χ2n) is 7.14. The molecule has 0 radical (unpaired) electrons. The van der Waals surface area contributed by atoms with Gasteiger partial charge in [0.15, 0.2) is 5.82 Å². The zero-order valence-corrected chi connectivity index (χ0v) is 16.5. The lowest BCUT2D eigenvalue weighted by molar-refractivity contribution is -0.126. The third-order valence-corrected chi connectivity index (χ3v) is 4.80. The largest absolute Gasteiger partial charge is 0.344 e. The summed E-state index contributed by atoms with van der Waals surface area (Å²) in [7, 11) is 0. The summed E-state index contributed by atoms with van der Waals surface area (Å²) < 4.78 is 26.5. The molecule has 0 bridgehead atoms. The molecule has 10 heteroatoms. The Bertz CT molecular complexity index is 920. The molecule has 1 fully saturated rings. The van der Waals surface area contributed by atoms with Gasteiger partial charge in [-0.05, 0) is 37.0 Å². The molecule has 1 aliphatic heterocycles. The van der Waals surface area contributed by atoms with Gasteiger partial charge >= 0.3 is 0 Å². The predicted molar refractivity (Wildman–Crippen MR) is 105 cm³/mol. The van der Waals surface area contributed by atoms with Crippen LogP contribution in [0.25, 0.3) is 0 Å². The van der Waals surface area contributed by atoms with Crippen LogP contribution in [0.3, 0.4) is 0 Å². The quantitative estimate of drug-likeness (QED) is 0.638. The lowest BCUT2D eigenvalue weighted by Gasteiger charge is -2.16. The average Bonchev–Trinajstić information content (AvgIpc) is 3.36. The third-order valence-electron chi connectivity index (χ3n) is 4.80. The number of carbonyl (C=O) groups is 3. The molecule has 0 aliphatic carbocycles. The van der Waals surface area contributed by atoms with E-state index in [1.54, 1.807) is 11.8 Å². The molecule has 0 spiro atoms. The number of hydrogen-bond acceptors (Lipinski definition) is 4. The van der Waals surface area contributed by atoms with Crippen molar-refractivity contribution in [2.24, 2.45) is 0 Å². The fraction of sp³-hybridized carbons (Fsp3) is 0.400. The van der Waals surface area contributed by atoms with Crippen LogP contribution in [0.5, 0.6) is 0 Å². The van der Waals surface area contributed by atoms with Crippen LogP contribution < -0.4 is 10.6 Å². The maximum atomic E-state index is 13.3. The second kappa shape index (κ2) is 9.47. The maximum Gasteiger partial charge on any atom is 0.271 e. The highest BCUT2D eigenvalue weighted by atomic mass is 19.1. The van der Waals surface area contributed by atoms with Gasteiger partial charge < -0.3 is 15.5 Å². The van der Waals surface area contributed by atoms with Crippen LogP contribution in [-0.2, 0) is 16.0 Å². The van der Waals surface area contributed by atoms with Gasteiger partial charge in [-0.25, -0.2) is 8.78 Å². The minimum Gasteiger partial charge on any atom is -0.344 e. The lowest BCUT2D eigenvalue weighted by atomic mass is 10.1. The molecule has 8 nitrogen and oxygen atoms in total. The van der Waals surface area contributed by atoms with Crippen LogP contribution in [0.2, 0.25) is 0 Å². The van der Waals surface area contributed by atoms with Gasteiger partial charge in [0.05, 0.1) is 6.42 Å². The van der Waals surface area contributed by atoms with Crippen molar-refractivity contribution >= 4 is 23.5 Å². The van der Waals surface area contributed by atoms with Crippen molar-refractivity contribution in [3.63, 3.8) is 0 Å².